The van der Waals surface area contributed by atoms with Crippen LogP contribution in [0.15, 0.2) is 5.10 Å². The molecular formula is C4H9ClN2. The molecule has 2 nitrogen and oxygen atoms in total. The Kier molecular flexibility index (Phi) is 3.80. The van der Waals surface area contributed by atoms with E-state index in [1.165, 1.54) is 0 Å². The molecule has 0 heterocycles. The van der Waals surface area contributed by atoms with Crippen LogP contribution in [-0.2, 0) is 0 Å². The molecule has 0 amide bonds. The molecule has 3 heteroatoms. The van der Waals surface area contributed by atoms with Gasteiger partial charge in [-0.3, -0.25) is 0 Å². The minimum atomic E-state index is 0.146. The summed E-state index contributed by atoms with van der Waals surface area (Å²) < 4.78 is 0. The van der Waals surface area contributed by atoms with Crippen LogP contribution in [-0.4, -0.2) is 11.6 Å². The number of nitrogens with zero attached hydrogens (tertiary/aromatic N) is 1. The minimum Gasteiger partial charge on any atom is -0.324 e. The number of hydrogen-bond acceptors (Lipinski definition) is 2. The third kappa shape index (κ3) is 5.76. The summed E-state index contributed by atoms with van der Waals surface area (Å²) in [6, 6.07) is 0. The average Bonchev–Trinajstić information content (AvgIpc) is 1.61. The molecule has 0 aliphatic rings. The van der Waals surface area contributed by atoms with Crippen LogP contribution in [0.4, 0.5) is 0 Å². The zero-order chi connectivity index (χ0) is 5.70. The van der Waals surface area contributed by atoms with Gasteiger partial charge in [-0.2, -0.15) is 5.10 Å². The molecular weight excluding hydrogens is 112 g/mol. The summed E-state index contributed by atoms with van der Waals surface area (Å²) in [5.74, 6) is 4.79. The first-order valence-electron chi connectivity index (χ1n) is 2.13. The lowest BCUT2D eigenvalue weighted by atomic mass is 10.4. The Balaban J connectivity index is 2.97. The van der Waals surface area contributed by atoms with Crippen molar-refractivity contribution in [2.75, 3.05) is 0 Å². The number of halogens is 1. The normalized spacial score (nSPS) is 15.1. The summed E-state index contributed by atoms with van der Waals surface area (Å²) in [7, 11) is 0. The van der Waals surface area contributed by atoms with Gasteiger partial charge in [-0.05, 0) is 6.92 Å². The summed E-state index contributed by atoms with van der Waals surface area (Å²) in [4.78, 5) is 0. The van der Waals surface area contributed by atoms with Crippen LogP contribution in [0.25, 0.3) is 0 Å². The van der Waals surface area contributed by atoms with Gasteiger partial charge in [0, 0.05) is 18.0 Å². The number of nitrogens with two attached hydrogens (primary N) is 1. The summed E-state index contributed by atoms with van der Waals surface area (Å²) in [6.07, 6.45) is 2.34. The van der Waals surface area contributed by atoms with Gasteiger partial charge in [0.2, 0.25) is 0 Å². The quantitative estimate of drug-likeness (QED) is 0.251. The van der Waals surface area contributed by atoms with E-state index in [1.807, 2.05) is 6.92 Å². The predicted molar refractivity (Wildman–Crippen MR) is 32.6 cm³/mol. The highest BCUT2D eigenvalue weighted by atomic mass is 35.5. The number of hydrazone groups is 1. The van der Waals surface area contributed by atoms with Crippen LogP contribution in [0.3, 0.4) is 0 Å². The van der Waals surface area contributed by atoms with E-state index in [4.69, 9.17) is 17.4 Å². The second-order valence-electron chi connectivity index (χ2n) is 1.35. The highest BCUT2D eigenvalue weighted by Crippen LogP contribution is 1.94. The molecule has 0 aliphatic heterocycles. The van der Waals surface area contributed by atoms with Crippen molar-refractivity contribution >= 4 is 17.8 Å². The van der Waals surface area contributed by atoms with E-state index in [0.717, 1.165) is 6.42 Å². The van der Waals surface area contributed by atoms with E-state index in [-0.39, 0.29) is 5.38 Å². The fourth-order valence-corrected chi connectivity index (χ4v) is 0.286. The van der Waals surface area contributed by atoms with E-state index in [9.17, 15) is 0 Å². The van der Waals surface area contributed by atoms with Gasteiger partial charge in [-0.25, -0.2) is 0 Å². The zero-order valence-electron chi connectivity index (χ0n) is 4.26. The largest absolute Gasteiger partial charge is 0.324 e. The molecule has 0 radical (unpaired) electrons. The summed E-state index contributed by atoms with van der Waals surface area (Å²) in [6.45, 7) is 1.89. The van der Waals surface area contributed by atoms with Gasteiger partial charge in [0.15, 0.2) is 0 Å². The standard InChI is InChI=1S/C4H9ClN2/c1-4(5)2-3-7-6/h3-4H,2,6H2,1H3. The van der Waals surface area contributed by atoms with Gasteiger partial charge in [-0.1, -0.05) is 0 Å². The van der Waals surface area contributed by atoms with Crippen molar-refractivity contribution in [3.8, 4) is 0 Å². The van der Waals surface area contributed by atoms with Crippen molar-refractivity contribution in [1.82, 2.24) is 0 Å². The van der Waals surface area contributed by atoms with Gasteiger partial charge in [-0.15, -0.1) is 11.6 Å². The maximum atomic E-state index is 5.51. The van der Waals surface area contributed by atoms with E-state index in [2.05, 4.69) is 5.10 Å². The Morgan fingerprint density at radius 3 is 2.71 bits per heavy atom. The predicted octanol–water partition coefficient (Wildman–Crippen LogP) is 0.948. The number of hydrogen-bond donors (Lipinski definition) is 1. The molecule has 0 bridgehead atoms. The second-order valence-corrected chi connectivity index (χ2v) is 2.09. The molecule has 0 fully saturated rings. The van der Waals surface area contributed by atoms with Gasteiger partial charge in [0.05, 0.1) is 0 Å². The molecule has 42 valence electrons. The highest BCUT2D eigenvalue weighted by molar-refractivity contribution is 6.21. The van der Waals surface area contributed by atoms with Gasteiger partial charge >= 0.3 is 0 Å². The zero-order valence-corrected chi connectivity index (χ0v) is 5.02. The topological polar surface area (TPSA) is 38.4 Å². The lowest BCUT2D eigenvalue weighted by Crippen LogP contribution is -1.92. The van der Waals surface area contributed by atoms with Crippen LogP contribution in [0, 0.1) is 0 Å². The lowest BCUT2D eigenvalue weighted by Gasteiger charge is -1.90. The van der Waals surface area contributed by atoms with Crippen molar-refractivity contribution < 1.29 is 0 Å². The molecule has 0 aromatic carbocycles. The molecule has 0 saturated carbocycles. The number of rotatable bonds is 2. The van der Waals surface area contributed by atoms with Crippen LogP contribution in [0.2, 0.25) is 0 Å². The Labute approximate surface area is 48.3 Å². The SMILES string of the molecule is CC(Cl)CC=NN. The molecule has 0 rings (SSSR count). The smallest absolute Gasteiger partial charge is 0.0357 e. The van der Waals surface area contributed by atoms with Crippen LogP contribution in [0.5, 0.6) is 0 Å². The fourth-order valence-electron chi connectivity index (χ4n) is 0.206. The molecule has 7 heavy (non-hydrogen) atoms. The van der Waals surface area contributed by atoms with Gasteiger partial charge in [0.25, 0.3) is 0 Å². The van der Waals surface area contributed by atoms with Gasteiger partial charge in [0.1, 0.15) is 0 Å². The first kappa shape index (κ1) is 6.76. The molecule has 1 atom stereocenters. The molecule has 0 spiro atoms. The Morgan fingerprint density at radius 1 is 2.00 bits per heavy atom. The average molecular weight is 121 g/mol. The van der Waals surface area contributed by atoms with E-state index in [0.29, 0.717) is 0 Å². The van der Waals surface area contributed by atoms with E-state index >= 15 is 0 Å². The maximum absolute atomic E-state index is 5.51. The summed E-state index contributed by atoms with van der Waals surface area (Å²) >= 11 is 5.51. The first-order valence-corrected chi connectivity index (χ1v) is 2.56. The maximum Gasteiger partial charge on any atom is 0.0357 e. The lowest BCUT2D eigenvalue weighted by molar-refractivity contribution is 1.01. The second kappa shape index (κ2) is 3.93. The van der Waals surface area contributed by atoms with Crippen molar-refractivity contribution in [3.05, 3.63) is 0 Å². The molecule has 2 N–H and O–H groups in total. The van der Waals surface area contributed by atoms with Crippen molar-refractivity contribution in [1.29, 1.82) is 0 Å². The fraction of sp³-hybridized carbons (Fsp3) is 0.750. The monoisotopic (exact) mass is 120 g/mol. The highest BCUT2D eigenvalue weighted by Gasteiger charge is 1.88. The van der Waals surface area contributed by atoms with Crippen molar-refractivity contribution in [3.63, 3.8) is 0 Å². The molecule has 0 aliphatic carbocycles. The Bertz CT molecular complexity index is 60.7. The third-order valence-electron chi connectivity index (χ3n) is 0.536. The Hall–Kier alpha value is -0.240. The first-order chi connectivity index (χ1) is 3.27. The molecule has 0 aromatic heterocycles. The van der Waals surface area contributed by atoms with Gasteiger partial charge < -0.3 is 5.84 Å². The van der Waals surface area contributed by atoms with Crippen LogP contribution < -0.4 is 5.84 Å². The molecule has 0 aromatic rings. The third-order valence-corrected chi connectivity index (χ3v) is 0.714. The Morgan fingerprint density at radius 2 is 2.57 bits per heavy atom. The summed E-state index contributed by atoms with van der Waals surface area (Å²) in [5, 5.41) is 3.41. The van der Waals surface area contributed by atoms with Crippen molar-refractivity contribution in [2.24, 2.45) is 10.9 Å². The van der Waals surface area contributed by atoms with Crippen LogP contribution in [0.1, 0.15) is 13.3 Å². The van der Waals surface area contributed by atoms with Crippen LogP contribution >= 0.6 is 11.6 Å². The molecule has 1 unspecified atom stereocenters. The molecule has 0 saturated heterocycles. The van der Waals surface area contributed by atoms with Crippen molar-refractivity contribution in [2.45, 2.75) is 18.7 Å². The van der Waals surface area contributed by atoms with E-state index in [1.54, 1.807) is 6.21 Å². The summed E-state index contributed by atoms with van der Waals surface area (Å²) in [5.41, 5.74) is 0. The number of alkyl halides is 1. The van der Waals surface area contributed by atoms with E-state index < -0.39 is 0 Å². The minimum absolute atomic E-state index is 0.146.